The number of halogens is 2. The van der Waals surface area contributed by atoms with Gasteiger partial charge in [0.1, 0.15) is 18.3 Å². The van der Waals surface area contributed by atoms with Crippen molar-refractivity contribution in [2.75, 3.05) is 18.6 Å². The van der Waals surface area contributed by atoms with Gasteiger partial charge in [-0.25, -0.2) is 14.4 Å². The van der Waals surface area contributed by atoms with Crippen LogP contribution in [0.5, 0.6) is 5.75 Å². The third-order valence-corrected chi connectivity index (χ3v) is 4.67. The number of hydrogen-bond acceptors (Lipinski definition) is 6. The van der Waals surface area contributed by atoms with Crippen LogP contribution in [-0.2, 0) is 11.3 Å². The molecule has 2 amide bonds. The van der Waals surface area contributed by atoms with Crippen molar-refractivity contribution >= 4 is 17.6 Å². The lowest BCUT2D eigenvalue weighted by Gasteiger charge is -2.19. The first-order valence-electron chi connectivity index (χ1n) is 9.39. The Hall–Kier alpha value is -4.33. The topological polar surface area (TPSA) is 102 Å². The lowest BCUT2D eigenvalue weighted by atomic mass is 10.2. The molecule has 0 unspecified atom stereocenters. The number of pyridine rings is 2. The van der Waals surface area contributed by atoms with Gasteiger partial charge >= 0.3 is 0 Å². The quantitative estimate of drug-likeness (QED) is 0.484. The van der Waals surface area contributed by atoms with Crippen LogP contribution in [0.4, 0.5) is 14.6 Å². The van der Waals surface area contributed by atoms with Crippen LogP contribution in [0.3, 0.4) is 0 Å². The Morgan fingerprint density at radius 3 is 2.88 bits per heavy atom. The number of amides is 2. The minimum absolute atomic E-state index is 0.0470. The number of carbonyl (C=O) groups is 2. The van der Waals surface area contributed by atoms with Crippen molar-refractivity contribution in [2.45, 2.75) is 12.6 Å². The summed E-state index contributed by atoms with van der Waals surface area (Å²) in [4.78, 5) is 34.5. The van der Waals surface area contributed by atoms with Crippen LogP contribution in [0.15, 0.2) is 36.5 Å². The molecule has 1 atom stereocenters. The van der Waals surface area contributed by atoms with Crippen LogP contribution < -0.4 is 15.0 Å². The first-order valence-corrected chi connectivity index (χ1v) is 9.39. The molecule has 0 aromatic carbocycles. The van der Waals surface area contributed by atoms with Crippen molar-refractivity contribution in [2.24, 2.45) is 0 Å². The Morgan fingerprint density at radius 1 is 1.31 bits per heavy atom. The number of hydrogen-bond donors (Lipinski definition) is 1. The highest BCUT2D eigenvalue weighted by atomic mass is 19.1. The Bertz CT molecular complexity index is 1250. The van der Waals surface area contributed by atoms with Crippen LogP contribution >= 0.6 is 0 Å². The number of aromatic nitrogens is 4. The Kier molecular flexibility index (Phi) is 5.51. The van der Waals surface area contributed by atoms with E-state index in [0.29, 0.717) is 17.1 Å². The average Bonchev–Trinajstić information content (AvgIpc) is 3.10. The number of ether oxygens (including phenoxy) is 1. The van der Waals surface area contributed by atoms with Crippen molar-refractivity contribution in [1.82, 2.24) is 25.1 Å². The van der Waals surface area contributed by atoms with Gasteiger partial charge in [-0.15, -0.1) is 6.42 Å². The fourth-order valence-electron chi connectivity index (χ4n) is 3.12. The van der Waals surface area contributed by atoms with Crippen molar-refractivity contribution in [3.8, 4) is 18.1 Å². The van der Waals surface area contributed by atoms with Crippen LogP contribution in [0, 0.1) is 24.1 Å². The Morgan fingerprint density at radius 2 is 2.12 bits per heavy atom. The Balaban J connectivity index is 1.50. The summed E-state index contributed by atoms with van der Waals surface area (Å²) in [5.74, 6) is -0.129. The predicted octanol–water partition coefficient (Wildman–Crippen LogP) is 1.13. The second kappa shape index (κ2) is 8.43. The molecule has 1 N–H and O–H groups in total. The van der Waals surface area contributed by atoms with Gasteiger partial charge in [-0.05, 0) is 24.3 Å². The number of likely N-dealkylation sites (N-methyl/N-ethyl adjacent to an activating group) is 1. The van der Waals surface area contributed by atoms with Crippen LogP contribution in [0.2, 0.25) is 0 Å². The molecule has 0 saturated heterocycles. The molecule has 9 nitrogen and oxygen atoms in total. The van der Waals surface area contributed by atoms with Crippen LogP contribution in [-0.4, -0.2) is 51.3 Å². The number of nitrogens with one attached hydrogen (secondary N) is 1. The predicted molar refractivity (Wildman–Crippen MR) is 108 cm³/mol. The van der Waals surface area contributed by atoms with E-state index in [9.17, 15) is 18.4 Å². The van der Waals surface area contributed by atoms with Crippen molar-refractivity contribution < 1.29 is 23.1 Å². The molecule has 32 heavy (non-hydrogen) atoms. The standard InChI is InChI=1S/C21H16F2N6O3/c1-3-12-7-8-16-19(25-12)28(2)21(31)15(11-32-16)26-20(30)18-14(22)10-29(27-18)9-13-5-4-6-17(23)24-13/h1,4-8,10,15H,9,11H2,2H3,(H,26,30)/t15-/m0/s1. The molecule has 1 aliphatic rings. The summed E-state index contributed by atoms with van der Waals surface area (Å²) in [5.41, 5.74) is 0.0891. The van der Waals surface area contributed by atoms with E-state index in [1.54, 1.807) is 12.1 Å². The van der Waals surface area contributed by atoms with Gasteiger partial charge in [0.05, 0.1) is 18.4 Å². The molecule has 0 radical (unpaired) electrons. The number of rotatable bonds is 4. The summed E-state index contributed by atoms with van der Waals surface area (Å²) < 4.78 is 34.3. The van der Waals surface area contributed by atoms with E-state index in [1.165, 1.54) is 30.1 Å². The summed E-state index contributed by atoms with van der Waals surface area (Å²) in [6.45, 7) is -0.247. The molecule has 0 spiro atoms. The zero-order chi connectivity index (χ0) is 22.8. The smallest absolute Gasteiger partial charge is 0.275 e. The number of fused-ring (bicyclic) bond motifs is 1. The van der Waals surface area contributed by atoms with Crippen LogP contribution in [0.1, 0.15) is 21.9 Å². The molecule has 0 saturated carbocycles. The maximum atomic E-state index is 14.4. The minimum atomic E-state index is -1.12. The van der Waals surface area contributed by atoms with Crippen molar-refractivity contribution in [3.05, 3.63) is 65.4 Å². The average molecular weight is 438 g/mol. The largest absolute Gasteiger partial charge is 0.487 e. The molecule has 3 aromatic heterocycles. The fourth-order valence-corrected chi connectivity index (χ4v) is 3.12. The van der Waals surface area contributed by atoms with Gasteiger partial charge in [0.25, 0.3) is 11.8 Å². The zero-order valence-corrected chi connectivity index (χ0v) is 16.7. The van der Waals surface area contributed by atoms with Gasteiger partial charge in [0.2, 0.25) is 5.95 Å². The summed E-state index contributed by atoms with van der Waals surface area (Å²) in [5, 5.41) is 6.33. The minimum Gasteiger partial charge on any atom is -0.487 e. The van der Waals surface area contributed by atoms with E-state index in [0.717, 1.165) is 10.9 Å². The fraction of sp³-hybridized carbons (Fsp3) is 0.190. The van der Waals surface area contributed by atoms with Gasteiger partial charge in [-0.1, -0.05) is 12.0 Å². The normalized spacial score (nSPS) is 15.4. The van der Waals surface area contributed by atoms with Crippen molar-refractivity contribution in [1.29, 1.82) is 0 Å². The summed E-state index contributed by atoms with van der Waals surface area (Å²) in [7, 11) is 1.46. The maximum absolute atomic E-state index is 14.4. The lowest BCUT2D eigenvalue weighted by Crippen LogP contribution is -2.49. The highest BCUT2D eigenvalue weighted by molar-refractivity contribution is 6.02. The van der Waals surface area contributed by atoms with E-state index < -0.39 is 35.3 Å². The first-order chi connectivity index (χ1) is 15.4. The number of anilines is 1. The molecule has 3 aromatic rings. The van der Waals surface area contributed by atoms with Gasteiger partial charge in [0, 0.05) is 7.05 Å². The molecule has 11 heteroatoms. The third kappa shape index (κ3) is 4.11. The van der Waals surface area contributed by atoms with Gasteiger partial charge in [0.15, 0.2) is 23.1 Å². The highest BCUT2D eigenvalue weighted by Gasteiger charge is 2.33. The van der Waals surface area contributed by atoms with E-state index in [-0.39, 0.29) is 19.0 Å². The molecule has 4 rings (SSSR count). The van der Waals surface area contributed by atoms with Gasteiger partial charge in [-0.3, -0.25) is 19.2 Å². The molecular formula is C21H16F2N6O3. The van der Waals surface area contributed by atoms with Crippen LogP contribution in [0.25, 0.3) is 0 Å². The molecule has 0 bridgehead atoms. The molecule has 162 valence electrons. The monoisotopic (exact) mass is 438 g/mol. The second-order valence-corrected chi connectivity index (χ2v) is 6.87. The molecule has 0 fully saturated rings. The van der Waals surface area contributed by atoms with Crippen molar-refractivity contribution in [3.63, 3.8) is 0 Å². The molecule has 4 heterocycles. The third-order valence-electron chi connectivity index (χ3n) is 4.67. The van der Waals surface area contributed by atoms with Gasteiger partial charge in [-0.2, -0.15) is 9.49 Å². The number of terminal acetylenes is 1. The maximum Gasteiger partial charge on any atom is 0.275 e. The lowest BCUT2D eigenvalue weighted by molar-refractivity contribution is -0.120. The zero-order valence-electron chi connectivity index (χ0n) is 16.7. The first kappa shape index (κ1) is 20.9. The molecule has 0 aliphatic carbocycles. The Labute approximate surface area is 181 Å². The highest BCUT2D eigenvalue weighted by Crippen LogP contribution is 2.28. The second-order valence-electron chi connectivity index (χ2n) is 6.87. The molecular weight excluding hydrogens is 422 g/mol. The SMILES string of the molecule is C#Cc1ccc2c(n1)N(C)C(=O)[C@@H](NC(=O)c1nn(Cc3cccc(F)n3)cc1F)CO2. The summed E-state index contributed by atoms with van der Waals surface area (Å²) >= 11 is 0. The van der Waals surface area contributed by atoms with E-state index in [2.05, 4.69) is 26.3 Å². The summed E-state index contributed by atoms with van der Waals surface area (Å²) in [6, 6.07) is 6.19. The molecule has 1 aliphatic heterocycles. The van der Waals surface area contributed by atoms with E-state index in [1.807, 2.05) is 0 Å². The van der Waals surface area contributed by atoms with Gasteiger partial charge < -0.3 is 10.1 Å². The number of nitrogens with zero attached hydrogens (tertiary/aromatic N) is 5. The van der Waals surface area contributed by atoms with E-state index >= 15 is 0 Å². The number of carbonyl (C=O) groups excluding carboxylic acids is 2. The van der Waals surface area contributed by atoms with E-state index in [4.69, 9.17) is 11.2 Å². The summed E-state index contributed by atoms with van der Waals surface area (Å²) in [6.07, 6.45) is 6.34.